The Morgan fingerprint density at radius 3 is 2.79 bits per heavy atom. The molecule has 34 heavy (non-hydrogen) atoms. The molecule has 2 aromatic carbocycles. The summed E-state index contributed by atoms with van der Waals surface area (Å²) in [5, 5.41) is 7.71. The molecule has 9 heteroatoms. The predicted octanol–water partition coefficient (Wildman–Crippen LogP) is 4.73. The van der Waals surface area contributed by atoms with Gasteiger partial charge in [-0.25, -0.2) is 4.79 Å². The Bertz CT molecular complexity index is 1160. The van der Waals surface area contributed by atoms with Crippen molar-refractivity contribution in [2.24, 2.45) is 5.92 Å². The number of aromatic nitrogens is 2. The summed E-state index contributed by atoms with van der Waals surface area (Å²) in [7, 11) is 0. The Kier molecular flexibility index (Phi) is 7.59. The molecule has 1 aliphatic heterocycles. The maximum Gasteiger partial charge on any atom is 0.338 e. The maximum absolute atomic E-state index is 13.0. The lowest BCUT2D eigenvalue weighted by atomic mass is 9.96. The molecule has 1 fully saturated rings. The molecule has 1 aromatic heterocycles. The highest BCUT2D eigenvalue weighted by Crippen LogP contribution is 2.24. The number of anilines is 1. The van der Waals surface area contributed by atoms with Gasteiger partial charge in [-0.1, -0.05) is 22.8 Å². The molecule has 8 nitrogen and oxygen atoms in total. The fourth-order valence-electron chi connectivity index (χ4n) is 4.08. The number of benzene rings is 2. The van der Waals surface area contributed by atoms with Gasteiger partial charge in [-0.15, -0.1) is 0 Å². The van der Waals surface area contributed by atoms with Crippen molar-refractivity contribution in [1.29, 1.82) is 0 Å². The third kappa shape index (κ3) is 5.63. The number of hydrogen-bond acceptors (Lipinski definition) is 7. The standard InChI is InChI=1S/C25H27ClN4O4/c1-3-33-25(32)20-7-4-8-21(16(20)2)27-24(31)18-6-5-13-30(14-18)15-22-28-23(29-34-22)17-9-11-19(26)12-10-17/h4,7-12,18H,3,5-6,13-15H2,1-2H3,(H,27,31). The average molecular weight is 483 g/mol. The van der Waals surface area contributed by atoms with E-state index in [1.807, 2.05) is 19.1 Å². The van der Waals surface area contributed by atoms with Crippen LogP contribution in [0.3, 0.4) is 0 Å². The summed E-state index contributed by atoms with van der Waals surface area (Å²) < 4.78 is 10.5. The summed E-state index contributed by atoms with van der Waals surface area (Å²) in [6.07, 6.45) is 1.68. The van der Waals surface area contributed by atoms with Crippen molar-refractivity contribution in [3.05, 3.63) is 64.5 Å². The first-order chi connectivity index (χ1) is 16.4. The van der Waals surface area contributed by atoms with Crippen LogP contribution in [-0.4, -0.2) is 46.6 Å². The molecule has 178 valence electrons. The predicted molar refractivity (Wildman–Crippen MR) is 129 cm³/mol. The van der Waals surface area contributed by atoms with Crippen molar-refractivity contribution >= 4 is 29.2 Å². The SMILES string of the molecule is CCOC(=O)c1cccc(NC(=O)C2CCCN(Cc3nc(-c4ccc(Cl)cc4)no3)C2)c1C. The first kappa shape index (κ1) is 23.9. The van der Waals surface area contributed by atoms with E-state index >= 15 is 0 Å². The largest absolute Gasteiger partial charge is 0.462 e. The number of nitrogens with one attached hydrogen (secondary N) is 1. The first-order valence-electron chi connectivity index (χ1n) is 11.3. The van der Waals surface area contributed by atoms with Crippen LogP contribution in [-0.2, 0) is 16.1 Å². The zero-order chi connectivity index (χ0) is 24.1. The number of ether oxygens (including phenoxy) is 1. The Balaban J connectivity index is 1.38. The van der Waals surface area contributed by atoms with Gasteiger partial charge in [-0.3, -0.25) is 9.69 Å². The van der Waals surface area contributed by atoms with Gasteiger partial charge in [0.25, 0.3) is 0 Å². The summed E-state index contributed by atoms with van der Waals surface area (Å²) in [6, 6.07) is 12.5. The maximum atomic E-state index is 13.0. The van der Waals surface area contributed by atoms with Crippen molar-refractivity contribution in [1.82, 2.24) is 15.0 Å². The fraction of sp³-hybridized carbons (Fsp3) is 0.360. The molecule has 0 radical (unpaired) electrons. The minimum Gasteiger partial charge on any atom is -0.462 e. The number of amides is 1. The van der Waals surface area contributed by atoms with Gasteiger partial charge in [0.15, 0.2) is 0 Å². The van der Waals surface area contributed by atoms with E-state index in [4.69, 9.17) is 20.9 Å². The molecule has 0 saturated carbocycles. The first-order valence-corrected chi connectivity index (χ1v) is 11.7. The molecule has 0 aliphatic carbocycles. The van der Waals surface area contributed by atoms with Crippen LogP contribution in [0.1, 0.15) is 41.6 Å². The fourth-order valence-corrected chi connectivity index (χ4v) is 4.20. The van der Waals surface area contributed by atoms with E-state index in [1.165, 1.54) is 0 Å². The zero-order valence-corrected chi connectivity index (χ0v) is 20.0. The molecule has 1 aliphatic rings. The molecule has 0 bridgehead atoms. The van der Waals surface area contributed by atoms with Crippen LogP contribution in [0.15, 0.2) is 47.0 Å². The number of carbonyl (C=O) groups excluding carboxylic acids is 2. The van der Waals surface area contributed by atoms with E-state index in [2.05, 4.69) is 20.4 Å². The van der Waals surface area contributed by atoms with E-state index in [0.29, 0.717) is 53.2 Å². The molecule has 3 aromatic rings. The van der Waals surface area contributed by atoms with Crippen LogP contribution in [0.5, 0.6) is 0 Å². The van der Waals surface area contributed by atoms with E-state index in [1.54, 1.807) is 37.3 Å². The van der Waals surface area contributed by atoms with Crippen LogP contribution in [0, 0.1) is 12.8 Å². The molecule has 1 atom stereocenters. The molecule has 1 unspecified atom stereocenters. The minimum atomic E-state index is -0.391. The zero-order valence-electron chi connectivity index (χ0n) is 19.2. The molecular weight excluding hydrogens is 456 g/mol. The lowest BCUT2D eigenvalue weighted by Crippen LogP contribution is -2.40. The Hall–Kier alpha value is -3.23. The van der Waals surface area contributed by atoms with Gasteiger partial charge in [-0.2, -0.15) is 4.98 Å². The minimum absolute atomic E-state index is 0.0683. The Labute approximate surface area is 203 Å². The van der Waals surface area contributed by atoms with Crippen molar-refractivity contribution in [2.45, 2.75) is 33.2 Å². The lowest BCUT2D eigenvalue weighted by Gasteiger charge is -2.31. The number of carbonyl (C=O) groups is 2. The van der Waals surface area contributed by atoms with Gasteiger partial charge in [0, 0.05) is 22.8 Å². The van der Waals surface area contributed by atoms with Crippen molar-refractivity contribution in [3.8, 4) is 11.4 Å². The summed E-state index contributed by atoms with van der Waals surface area (Å²) >= 11 is 5.94. The average Bonchev–Trinajstić information content (AvgIpc) is 3.29. The number of hydrogen-bond donors (Lipinski definition) is 1. The number of piperidine rings is 1. The second-order valence-corrected chi connectivity index (χ2v) is 8.72. The molecule has 1 amide bonds. The lowest BCUT2D eigenvalue weighted by molar-refractivity contribution is -0.121. The second-order valence-electron chi connectivity index (χ2n) is 8.28. The number of esters is 1. The van der Waals surface area contributed by atoms with Gasteiger partial charge in [0.2, 0.25) is 17.6 Å². The summed E-state index contributed by atoms with van der Waals surface area (Å²) in [5.74, 6) is 0.371. The van der Waals surface area contributed by atoms with Crippen molar-refractivity contribution in [2.75, 3.05) is 25.0 Å². The third-order valence-electron chi connectivity index (χ3n) is 5.89. The number of halogens is 1. The van der Waals surface area contributed by atoms with Gasteiger partial charge in [0.05, 0.1) is 24.6 Å². The van der Waals surface area contributed by atoms with E-state index in [0.717, 1.165) is 24.9 Å². The highest BCUT2D eigenvalue weighted by Gasteiger charge is 2.27. The molecule has 4 rings (SSSR count). The quantitative estimate of drug-likeness (QED) is 0.486. The molecular formula is C25H27ClN4O4. The van der Waals surface area contributed by atoms with Gasteiger partial charge < -0.3 is 14.6 Å². The number of likely N-dealkylation sites (tertiary alicyclic amines) is 1. The Morgan fingerprint density at radius 2 is 2.03 bits per heavy atom. The van der Waals surface area contributed by atoms with Crippen LogP contribution in [0.25, 0.3) is 11.4 Å². The second kappa shape index (κ2) is 10.8. The summed E-state index contributed by atoms with van der Waals surface area (Å²) in [5.41, 5.74) is 2.60. The van der Waals surface area contributed by atoms with Crippen LogP contribution in [0.4, 0.5) is 5.69 Å². The van der Waals surface area contributed by atoms with Crippen molar-refractivity contribution in [3.63, 3.8) is 0 Å². The van der Waals surface area contributed by atoms with E-state index < -0.39 is 5.97 Å². The van der Waals surface area contributed by atoms with E-state index in [-0.39, 0.29) is 11.8 Å². The summed E-state index contributed by atoms with van der Waals surface area (Å²) in [4.78, 5) is 31.8. The van der Waals surface area contributed by atoms with Gasteiger partial charge in [-0.05, 0) is 75.2 Å². The smallest absolute Gasteiger partial charge is 0.338 e. The monoisotopic (exact) mass is 482 g/mol. The number of nitrogens with zero attached hydrogens (tertiary/aromatic N) is 3. The molecule has 1 saturated heterocycles. The molecule has 0 spiro atoms. The van der Waals surface area contributed by atoms with Crippen LogP contribution >= 0.6 is 11.6 Å². The highest BCUT2D eigenvalue weighted by molar-refractivity contribution is 6.30. The van der Waals surface area contributed by atoms with Gasteiger partial charge in [0.1, 0.15) is 0 Å². The molecule has 1 N–H and O–H groups in total. The topological polar surface area (TPSA) is 97.6 Å². The third-order valence-corrected chi connectivity index (χ3v) is 6.14. The van der Waals surface area contributed by atoms with Crippen LogP contribution in [0.2, 0.25) is 5.02 Å². The van der Waals surface area contributed by atoms with Crippen LogP contribution < -0.4 is 5.32 Å². The normalized spacial score (nSPS) is 16.3. The Morgan fingerprint density at radius 1 is 1.24 bits per heavy atom. The number of rotatable bonds is 7. The van der Waals surface area contributed by atoms with E-state index in [9.17, 15) is 9.59 Å². The summed E-state index contributed by atoms with van der Waals surface area (Å²) in [6.45, 7) is 5.78. The van der Waals surface area contributed by atoms with Crippen molar-refractivity contribution < 1.29 is 18.8 Å². The highest BCUT2D eigenvalue weighted by atomic mass is 35.5. The molecule has 2 heterocycles. The van der Waals surface area contributed by atoms with Gasteiger partial charge >= 0.3 is 5.97 Å².